The summed E-state index contributed by atoms with van der Waals surface area (Å²) in [6, 6.07) is 3.68. The van der Waals surface area contributed by atoms with Gasteiger partial charge in [-0.2, -0.15) is 13.2 Å². The van der Waals surface area contributed by atoms with E-state index in [4.69, 9.17) is 5.73 Å². The summed E-state index contributed by atoms with van der Waals surface area (Å²) >= 11 is 0. The molecule has 0 saturated carbocycles. The summed E-state index contributed by atoms with van der Waals surface area (Å²) in [5, 5.41) is 4.69. The van der Waals surface area contributed by atoms with Crippen molar-refractivity contribution in [1.29, 1.82) is 0 Å². The van der Waals surface area contributed by atoms with Crippen molar-refractivity contribution in [3.8, 4) is 0 Å². The Labute approximate surface area is 188 Å². The SMILES string of the molecule is C=CCC=C(/C(CN1N=C2C(N)=Nc3ccc(F)cc3N2CC1=O)=C(\C)F)C(F)(F)F.CC. The van der Waals surface area contributed by atoms with Gasteiger partial charge in [0.15, 0.2) is 11.7 Å². The van der Waals surface area contributed by atoms with Crippen molar-refractivity contribution in [2.75, 3.05) is 18.0 Å². The topological polar surface area (TPSA) is 74.3 Å². The fourth-order valence-corrected chi connectivity index (χ4v) is 3.16. The van der Waals surface area contributed by atoms with Gasteiger partial charge in [-0.1, -0.05) is 26.0 Å². The maximum atomic E-state index is 14.1. The number of hydrogen-bond acceptors (Lipinski definition) is 5. The van der Waals surface area contributed by atoms with Crippen LogP contribution in [0.4, 0.5) is 33.3 Å². The third kappa shape index (κ3) is 5.65. The minimum Gasteiger partial charge on any atom is -0.381 e. The smallest absolute Gasteiger partial charge is 0.381 e. The zero-order chi connectivity index (χ0) is 24.9. The molecule has 2 heterocycles. The van der Waals surface area contributed by atoms with Gasteiger partial charge < -0.3 is 10.6 Å². The third-order valence-corrected chi connectivity index (χ3v) is 4.59. The van der Waals surface area contributed by atoms with Crippen molar-refractivity contribution < 1.29 is 26.7 Å². The highest BCUT2D eigenvalue weighted by atomic mass is 19.4. The minimum atomic E-state index is -4.86. The maximum absolute atomic E-state index is 14.1. The first kappa shape index (κ1) is 25.8. The lowest BCUT2D eigenvalue weighted by Gasteiger charge is -2.36. The van der Waals surface area contributed by atoms with Crippen molar-refractivity contribution in [1.82, 2.24) is 5.01 Å². The molecule has 2 aliphatic rings. The van der Waals surface area contributed by atoms with Gasteiger partial charge in [-0.15, -0.1) is 11.7 Å². The van der Waals surface area contributed by atoms with Crippen LogP contribution in [0.15, 0.2) is 64.0 Å². The van der Waals surface area contributed by atoms with Crippen LogP contribution in [-0.2, 0) is 4.79 Å². The second kappa shape index (κ2) is 10.4. The zero-order valence-corrected chi connectivity index (χ0v) is 18.4. The number of benzene rings is 1. The molecule has 0 fully saturated rings. The Kier molecular flexibility index (Phi) is 8.13. The number of carbonyl (C=O) groups is 1. The summed E-state index contributed by atoms with van der Waals surface area (Å²) in [6.07, 6.45) is -2.99. The van der Waals surface area contributed by atoms with Crippen LogP contribution in [0.25, 0.3) is 0 Å². The Hall–Kier alpha value is -3.50. The van der Waals surface area contributed by atoms with Gasteiger partial charge in [-0.05, 0) is 31.5 Å². The lowest BCUT2D eigenvalue weighted by Crippen LogP contribution is -2.53. The summed E-state index contributed by atoms with van der Waals surface area (Å²) in [6.45, 7) is 7.06. The largest absolute Gasteiger partial charge is 0.416 e. The fraction of sp³-hybridized carbons (Fsp3) is 0.318. The predicted molar refractivity (Wildman–Crippen MR) is 118 cm³/mol. The van der Waals surface area contributed by atoms with Gasteiger partial charge in [-0.25, -0.2) is 18.8 Å². The van der Waals surface area contributed by atoms with Crippen LogP contribution >= 0.6 is 0 Å². The number of anilines is 1. The summed E-state index contributed by atoms with van der Waals surface area (Å²) in [5.41, 5.74) is 4.48. The third-order valence-electron chi connectivity index (χ3n) is 4.59. The van der Waals surface area contributed by atoms with E-state index in [1.165, 1.54) is 23.1 Å². The van der Waals surface area contributed by atoms with Crippen LogP contribution in [0.5, 0.6) is 0 Å². The summed E-state index contributed by atoms with van der Waals surface area (Å²) in [5.74, 6) is -2.57. The highest BCUT2D eigenvalue weighted by Crippen LogP contribution is 2.36. The van der Waals surface area contributed by atoms with E-state index in [2.05, 4.69) is 16.7 Å². The quantitative estimate of drug-likeness (QED) is 0.369. The summed E-state index contributed by atoms with van der Waals surface area (Å²) in [7, 11) is 0. The minimum absolute atomic E-state index is 0.0443. The standard InChI is InChI=1S/C20H18F5N5O.C2H6/c1-3-4-5-14(20(23,24)25)13(11(2)21)9-30-17(31)10-29-16-8-12(22)6-7-15(16)27-18(26)19(29)28-30;1-2/h3,5-8H,1,4,9-10H2,2H3,(H2,26,27);1-2H3/b13-11+,14-5?;. The number of hydrazone groups is 1. The highest BCUT2D eigenvalue weighted by Gasteiger charge is 2.39. The lowest BCUT2D eigenvalue weighted by atomic mass is 10.0. The molecule has 0 aliphatic carbocycles. The second-order valence-electron chi connectivity index (χ2n) is 6.74. The van der Waals surface area contributed by atoms with Gasteiger partial charge in [0.25, 0.3) is 5.91 Å². The van der Waals surface area contributed by atoms with Gasteiger partial charge in [0.1, 0.15) is 18.2 Å². The van der Waals surface area contributed by atoms with Gasteiger partial charge >= 0.3 is 6.18 Å². The second-order valence-corrected chi connectivity index (χ2v) is 6.74. The molecule has 2 aliphatic heterocycles. The van der Waals surface area contributed by atoms with Crippen molar-refractivity contribution in [2.24, 2.45) is 15.8 Å². The number of hydrogen-bond donors (Lipinski definition) is 1. The molecule has 1 amide bonds. The molecular formula is C22H24F5N5O. The number of carbonyl (C=O) groups excluding carboxylic acids is 1. The monoisotopic (exact) mass is 469 g/mol. The van der Waals surface area contributed by atoms with E-state index in [-0.39, 0.29) is 30.3 Å². The van der Waals surface area contributed by atoms with Crippen molar-refractivity contribution in [3.63, 3.8) is 0 Å². The first-order chi connectivity index (χ1) is 15.5. The Morgan fingerprint density at radius 3 is 2.55 bits per heavy atom. The van der Waals surface area contributed by atoms with Gasteiger partial charge in [-0.3, -0.25) is 4.79 Å². The Morgan fingerprint density at radius 1 is 1.30 bits per heavy atom. The van der Waals surface area contributed by atoms with Crippen LogP contribution in [0.3, 0.4) is 0 Å². The molecule has 0 unspecified atom stereocenters. The van der Waals surface area contributed by atoms with E-state index < -0.39 is 41.4 Å². The number of amides is 1. The summed E-state index contributed by atoms with van der Waals surface area (Å²) < 4.78 is 68.4. The van der Waals surface area contributed by atoms with Crippen molar-refractivity contribution >= 4 is 29.0 Å². The molecule has 3 rings (SSSR count). The number of nitrogens with two attached hydrogens (primary N) is 1. The number of halogens is 5. The molecule has 0 spiro atoms. The number of amidine groups is 2. The molecule has 33 heavy (non-hydrogen) atoms. The van der Waals surface area contributed by atoms with Crippen molar-refractivity contribution in [2.45, 2.75) is 33.4 Å². The zero-order valence-electron chi connectivity index (χ0n) is 18.4. The number of rotatable bonds is 5. The number of fused-ring (bicyclic) bond motifs is 3. The van der Waals surface area contributed by atoms with E-state index in [0.29, 0.717) is 10.7 Å². The molecule has 178 valence electrons. The fourth-order valence-electron chi connectivity index (χ4n) is 3.16. The van der Waals surface area contributed by atoms with Gasteiger partial charge in [0.05, 0.1) is 23.5 Å². The molecule has 0 bridgehead atoms. The van der Waals surface area contributed by atoms with Crippen LogP contribution in [0.1, 0.15) is 27.2 Å². The van der Waals surface area contributed by atoms with E-state index in [1.54, 1.807) is 0 Å². The van der Waals surface area contributed by atoms with Gasteiger partial charge in [0, 0.05) is 5.57 Å². The molecular weight excluding hydrogens is 445 g/mol. The van der Waals surface area contributed by atoms with Crippen molar-refractivity contribution in [3.05, 3.63) is 59.7 Å². The van der Waals surface area contributed by atoms with E-state index in [0.717, 1.165) is 19.1 Å². The Morgan fingerprint density at radius 2 is 1.97 bits per heavy atom. The lowest BCUT2D eigenvalue weighted by molar-refractivity contribution is -0.130. The predicted octanol–water partition coefficient (Wildman–Crippen LogP) is 5.12. The normalized spacial score (nSPS) is 16.6. The molecule has 0 saturated heterocycles. The van der Waals surface area contributed by atoms with E-state index in [9.17, 15) is 26.7 Å². The maximum Gasteiger partial charge on any atom is 0.416 e. The molecule has 6 nitrogen and oxygen atoms in total. The molecule has 0 atom stereocenters. The van der Waals surface area contributed by atoms with Crippen LogP contribution in [-0.4, -0.2) is 41.9 Å². The molecule has 2 N–H and O–H groups in total. The average Bonchev–Trinajstić information content (AvgIpc) is 2.75. The Balaban J connectivity index is 0.00000187. The highest BCUT2D eigenvalue weighted by molar-refractivity contribution is 6.47. The molecule has 0 aromatic heterocycles. The van der Waals surface area contributed by atoms with Crippen LogP contribution in [0, 0.1) is 5.82 Å². The van der Waals surface area contributed by atoms with Crippen LogP contribution in [0.2, 0.25) is 0 Å². The number of aliphatic imine (C=N–C) groups is 1. The average molecular weight is 469 g/mol. The molecule has 1 aromatic rings. The first-order valence-corrected chi connectivity index (χ1v) is 10.1. The van der Waals surface area contributed by atoms with E-state index >= 15 is 0 Å². The molecule has 11 heteroatoms. The Bertz CT molecular complexity index is 1050. The number of alkyl halides is 3. The van der Waals surface area contributed by atoms with Crippen LogP contribution < -0.4 is 10.6 Å². The summed E-state index contributed by atoms with van der Waals surface area (Å²) in [4.78, 5) is 18.0. The first-order valence-electron chi connectivity index (χ1n) is 10.1. The van der Waals surface area contributed by atoms with E-state index in [1.807, 2.05) is 13.8 Å². The van der Waals surface area contributed by atoms with Gasteiger partial charge in [0.2, 0.25) is 0 Å². The molecule has 0 radical (unpaired) electrons. The molecule has 1 aromatic carbocycles. The number of allylic oxidation sites excluding steroid dienone is 3. The number of nitrogens with zero attached hydrogens (tertiary/aromatic N) is 4.